The van der Waals surface area contributed by atoms with Gasteiger partial charge in [0.05, 0.1) is 0 Å². The molecule has 0 saturated heterocycles. The Hall–Kier alpha value is -1.87. The number of aromatic nitrogens is 1. The summed E-state index contributed by atoms with van der Waals surface area (Å²) in [5, 5.41) is 2.25. The molecule has 3 aromatic rings. The summed E-state index contributed by atoms with van der Waals surface area (Å²) in [5.74, 6) is 1.43. The molecular weight excluding hydrogens is 302 g/mol. The first-order valence-electron chi connectivity index (χ1n) is 6.02. The summed E-state index contributed by atoms with van der Waals surface area (Å²) in [4.78, 5) is 4.27. The number of benzene rings is 2. The summed E-state index contributed by atoms with van der Waals surface area (Å²) in [6.45, 7) is 2.02. The minimum atomic E-state index is 0.608. The van der Waals surface area contributed by atoms with Crippen LogP contribution in [0.1, 0.15) is 5.56 Å². The second-order valence-electron chi connectivity index (χ2n) is 4.35. The van der Waals surface area contributed by atoms with Crippen LogP contribution >= 0.6 is 15.9 Å². The number of fused-ring (bicyclic) bond motifs is 1. The maximum atomic E-state index is 5.90. The Kier molecular flexibility index (Phi) is 3.22. The average molecular weight is 314 g/mol. The van der Waals surface area contributed by atoms with Gasteiger partial charge in [-0.05, 0) is 39.9 Å². The lowest BCUT2D eigenvalue weighted by atomic mass is 10.1. The predicted octanol–water partition coefficient (Wildman–Crippen LogP) is 5.10. The van der Waals surface area contributed by atoms with Gasteiger partial charge in [-0.1, -0.05) is 36.4 Å². The summed E-state index contributed by atoms with van der Waals surface area (Å²) in [7, 11) is 0. The Morgan fingerprint density at radius 3 is 2.68 bits per heavy atom. The normalized spacial score (nSPS) is 10.6. The Bertz CT molecular complexity index is 734. The lowest BCUT2D eigenvalue weighted by molar-refractivity contribution is 0.467. The minimum Gasteiger partial charge on any atom is -0.438 e. The first-order valence-corrected chi connectivity index (χ1v) is 6.81. The van der Waals surface area contributed by atoms with Crippen LogP contribution in [0.5, 0.6) is 11.6 Å². The van der Waals surface area contributed by atoms with E-state index in [0.29, 0.717) is 5.88 Å². The van der Waals surface area contributed by atoms with Gasteiger partial charge in [0.2, 0.25) is 5.88 Å². The minimum absolute atomic E-state index is 0.608. The van der Waals surface area contributed by atoms with Crippen molar-refractivity contribution >= 4 is 26.7 Å². The fourth-order valence-corrected chi connectivity index (χ4v) is 2.18. The maximum Gasteiger partial charge on any atom is 0.219 e. The van der Waals surface area contributed by atoms with E-state index in [2.05, 4.69) is 39.1 Å². The van der Waals surface area contributed by atoms with E-state index in [0.717, 1.165) is 26.6 Å². The number of hydrogen-bond acceptors (Lipinski definition) is 2. The van der Waals surface area contributed by atoms with Crippen LogP contribution in [0, 0.1) is 6.92 Å². The number of halogens is 1. The van der Waals surface area contributed by atoms with E-state index in [-0.39, 0.29) is 0 Å². The van der Waals surface area contributed by atoms with E-state index >= 15 is 0 Å². The van der Waals surface area contributed by atoms with E-state index in [1.807, 2.05) is 37.3 Å². The van der Waals surface area contributed by atoms with Crippen molar-refractivity contribution in [3.8, 4) is 11.6 Å². The predicted molar refractivity (Wildman–Crippen MR) is 80.7 cm³/mol. The Morgan fingerprint density at radius 2 is 1.84 bits per heavy atom. The highest BCUT2D eigenvalue weighted by atomic mass is 79.9. The highest BCUT2D eigenvalue weighted by molar-refractivity contribution is 9.10. The van der Waals surface area contributed by atoms with Gasteiger partial charge in [-0.25, -0.2) is 4.98 Å². The van der Waals surface area contributed by atoms with Crippen molar-refractivity contribution < 1.29 is 4.74 Å². The fourth-order valence-electron chi connectivity index (χ4n) is 1.97. The largest absolute Gasteiger partial charge is 0.438 e. The maximum absolute atomic E-state index is 5.90. The Balaban J connectivity index is 2.03. The summed E-state index contributed by atoms with van der Waals surface area (Å²) in [6.07, 6.45) is 1.76. The highest BCUT2D eigenvalue weighted by Crippen LogP contribution is 2.29. The molecule has 0 bridgehead atoms. The van der Waals surface area contributed by atoms with Crippen LogP contribution < -0.4 is 4.74 Å². The average Bonchev–Trinajstić information content (AvgIpc) is 2.43. The molecule has 0 unspecified atom stereocenters. The first-order chi connectivity index (χ1) is 9.24. The van der Waals surface area contributed by atoms with Crippen molar-refractivity contribution in [1.29, 1.82) is 0 Å². The van der Waals surface area contributed by atoms with Gasteiger partial charge in [-0.15, -0.1) is 0 Å². The van der Waals surface area contributed by atoms with Crippen molar-refractivity contribution in [3.63, 3.8) is 0 Å². The molecule has 0 N–H and O–H groups in total. The fraction of sp³-hybridized carbons (Fsp3) is 0.0625. The van der Waals surface area contributed by atoms with Crippen LogP contribution in [-0.4, -0.2) is 4.98 Å². The van der Waals surface area contributed by atoms with Crippen molar-refractivity contribution in [3.05, 3.63) is 64.8 Å². The van der Waals surface area contributed by atoms with Crippen LogP contribution in [0.15, 0.2) is 59.2 Å². The number of pyridine rings is 1. The van der Waals surface area contributed by atoms with Gasteiger partial charge in [0, 0.05) is 22.1 Å². The SMILES string of the molecule is Cc1cc(Oc2cccc3ccccc23)ncc1Br. The van der Waals surface area contributed by atoms with E-state index in [1.165, 1.54) is 0 Å². The molecule has 0 aliphatic rings. The number of aryl methyl sites for hydroxylation is 1. The Morgan fingerprint density at radius 1 is 1.05 bits per heavy atom. The van der Waals surface area contributed by atoms with Gasteiger partial charge in [0.25, 0.3) is 0 Å². The van der Waals surface area contributed by atoms with Gasteiger partial charge in [0.1, 0.15) is 5.75 Å². The standard InChI is InChI=1S/C16H12BrNO/c1-11-9-16(18-10-14(11)17)19-15-8-4-6-12-5-2-3-7-13(12)15/h2-10H,1H3. The van der Waals surface area contributed by atoms with Gasteiger partial charge >= 0.3 is 0 Å². The number of hydrogen-bond donors (Lipinski definition) is 0. The van der Waals surface area contributed by atoms with Gasteiger partial charge in [0.15, 0.2) is 0 Å². The molecule has 0 aliphatic heterocycles. The molecule has 94 valence electrons. The van der Waals surface area contributed by atoms with E-state index in [1.54, 1.807) is 6.20 Å². The van der Waals surface area contributed by atoms with Crippen molar-refractivity contribution in [2.24, 2.45) is 0 Å². The number of rotatable bonds is 2. The van der Waals surface area contributed by atoms with Crippen LogP contribution in [0.25, 0.3) is 10.8 Å². The summed E-state index contributed by atoms with van der Waals surface area (Å²) < 4.78 is 6.88. The van der Waals surface area contributed by atoms with Crippen LogP contribution in [0.3, 0.4) is 0 Å². The molecule has 1 aromatic heterocycles. The van der Waals surface area contributed by atoms with E-state index in [9.17, 15) is 0 Å². The smallest absolute Gasteiger partial charge is 0.219 e. The monoisotopic (exact) mass is 313 g/mol. The van der Waals surface area contributed by atoms with E-state index < -0.39 is 0 Å². The molecule has 2 nitrogen and oxygen atoms in total. The lowest BCUT2D eigenvalue weighted by Crippen LogP contribution is -1.90. The molecule has 2 aromatic carbocycles. The third-order valence-electron chi connectivity index (χ3n) is 2.99. The third-order valence-corrected chi connectivity index (χ3v) is 3.82. The van der Waals surface area contributed by atoms with E-state index in [4.69, 9.17) is 4.74 Å². The molecule has 0 fully saturated rings. The number of nitrogens with zero attached hydrogens (tertiary/aromatic N) is 1. The quantitative estimate of drug-likeness (QED) is 0.656. The summed E-state index contributed by atoms with van der Waals surface area (Å²) in [5.41, 5.74) is 1.10. The second kappa shape index (κ2) is 5.02. The van der Waals surface area contributed by atoms with Crippen LogP contribution in [0.2, 0.25) is 0 Å². The molecule has 0 radical (unpaired) electrons. The van der Waals surface area contributed by atoms with Crippen molar-refractivity contribution in [1.82, 2.24) is 4.98 Å². The molecule has 3 rings (SSSR count). The highest BCUT2D eigenvalue weighted by Gasteiger charge is 2.05. The van der Waals surface area contributed by atoms with Crippen molar-refractivity contribution in [2.45, 2.75) is 6.92 Å². The van der Waals surface area contributed by atoms with Gasteiger partial charge in [-0.3, -0.25) is 0 Å². The van der Waals surface area contributed by atoms with Crippen molar-refractivity contribution in [2.75, 3.05) is 0 Å². The molecule has 0 spiro atoms. The molecule has 0 saturated carbocycles. The summed E-state index contributed by atoms with van der Waals surface area (Å²) in [6, 6.07) is 16.1. The Labute approximate surface area is 120 Å². The zero-order valence-corrected chi connectivity index (χ0v) is 12.0. The molecule has 0 aliphatic carbocycles. The van der Waals surface area contributed by atoms with Crippen LogP contribution in [-0.2, 0) is 0 Å². The topological polar surface area (TPSA) is 22.1 Å². The second-order valence-corrected chi connectivity index (χ2v) is 5.21. The first kappa shape index (κ1) is 12.2. The number of ether oxygens (including phenoxy) is 1. The molecule has 1 heterocycles. The van der Waals surface area contributed by atoms with Crippen LogP contribution in [0.4, 0.5) is 0 Å². The molecular formula is C16H12BrNO. The molecule has 19 heavy (non-hydrogen) atoms. The zero-order chi connectivity index (χ0) is 13.2. The van der Waals surface area contributed by atoms with Gasteiger partial charge < -0.3 is 4.74 Å². The zero-order valence-electron chi connectivity index (χ0n) is 10.4. The third kappa shape index (κ3) is 2.47. The molecule has 0 amide bonds. The summed E-state index contributed by atoms with van der Waals surface area (Å²) >= 11 is 3.44. The lowest BCUT2D eigenvalue weighted by Gasteiger charge is -2.09. The molecule has 0 atom stereocenters. The van der Waals surface area contributed by atoms with Gasteiger partial charge in [-0.2, -0.15) is 0 Å². The molecule has 3 heteroatoms.